The Morgan fingerprint density at radius 3 is 2.03 bits per heavy atom. The first-order valence-corrected chi connectivity index (χ1v) is 12.9. The van der Waals surface area contributed by atoms with Gasteiger partial charge in [-0.15, -0.1) is 0 Å². The number of hydrogen-bond acceptors (Lipinski definition) is 6. The second kappa shape index (κ2) is 10.3. The Morgan fingerprint density at radius 2 is 1.47 bits per heavy atom. The Balaban J connectivity index is 1.52. The van der Waals surface area contributed by atoms with E-state index in [1.165, 1.54) is 12.1 Å². The number of carbonyl (C=O) groups excluding carboxylic acids is 1. The molecule has 0 saturated carbocycles. The summed E-state index contributed by atoms with van der Waals surface area (Å²) < 4.78 is 31.4. The van der Waals surface area contributed by atoms with Gasteiger partial charge in [0.2, 0.25) is 0 Å². The van der Waals surface area contributed by atoms with Crippen LogP contribution in [-0.2, 0) is 21.2 Å². The molecule has 0 atom stereocenters. The molecule has 1 aliphatic rings. The van der Waals surface area contributed by atoms with E-state index in [1.54, 1.807) is 36.4 Å². The van der Waals surface area contributed by atoms with E-state index in [1.807, 2.05) is 30.3 Å². The highest BCUT2D eigenvalue weighted by molar-refractivity contribution is 7.93. The number of piperidine rings is 1. The fourth-order valence-electron chi connectivity index (χ4n) is 4.31. The largest absolute Gasteiger partial charge is 0.457 e. The standard InChI is InChI=1S/C26H26ClNO5S/c27-21-6-8-22(9-7-21)33-23-10-12-24(13-11-23)34(31,32)26(25(30)19-29)14-16-28(17-15-26)18-20-4-2-1-3-5-20/h1-13,29H,14-19H2. The van der Waals surface area contributed by atoms with Crippen LogP contribution >= 0.6 is 11.6 Å². The third-order valence-electron chi connectivity index (χ3n) is 6.26. The number of carbonyl (C=O) groups is 1. The molecule has 1 N–H and O–H groups in total. The summed E-state index contributed by atoms with van der Waals surface area (Å²) in [7, 11) is -4.04. The Kier molecular flexibility index (Phi) is 7.38. The van der Waals surface area contributed by atoms with Gasteiger partial charge in [-0.1, -0.05) is 41.9 Å². The Labute approximate surface area is 204 Å². The van der Waals surface area contributed by atoms with Gasteiger partial charge in [0, 0.05) is 24.7 Å². The number of hydrogen-bond donors (Lipinski definition) is 1. The van der Waals surface area contributed by atoms with Crippen molar-refractivity contribution in [3.63, 3.8) is 0 Å². The van der Waals surface area contributed by atoms with E-state index in [2.05, 4.69) is 4.90 Å². The summed E-state index contributed by atoms with van der Waals surface area (Å²) in [4.78, 5) is 15.0. The lowest BCUT2D eigenvalue weighted by molar-refractivity contribution is -0.125. The van der Waals surface area contributed by atoms with Crippen molar-refractivity contribution in [3.8, 4) is 11.5 Å². The number of rotatable bonds is 8. The molecule has 3 aromatic rings. The zero-order valence-corrected chi connectivity index (χ0v) is 20.1. The number of nitrogens with zero attached hydrogens (tertiary/aromatic N) is 1. The van der Waals surface area contributed by atoms with E-state index < -0.39 is 27.0 Å². The molecule has 0 radical (unpaired) electrons. The van der Waals surface area contributed by atoms with Gasteiger partial charge in [0.1, 0.15) is 22.9 Å². The zero-order chi connectivity index (χ0) is 24.2. The minimum Gasteiger partial charge on any atom is -0.457 e. The molecule has 8 heteroatoms. The van der Waals surface area contributed by atoms with Crippen LogP contribution in [0.1, 0.15) is 18.4 Å². The quantitative estimate of drug-likeness (QED) is 0.491. The zero-order valence-electron chi connectivity index (χ0n) is 18.6. The van der Waals surface area contributed by atoms with Gasteiger partial charge in [0.15, 0.2) is 15.6 Å². The Hall–Kier alpha value is -2.71. The van der Waals surface area contributed by atoms with Gasteiger partial charge in [-0.05, 0) is 66.9 Å². The second-order valence-electron chi connectivity index (χ2n) is 8.37. The molecule has 6 nitrogen and oxygen atoms in total. The summed E-state index contributed by atoms with van der Waals surface area (Å²) in [5.74, 6) is 0.368. The number of ether oxygens (including phenoxy) is 1. The molecule has 4 rings (SSSR count). The van der Waals surface area contributed by atoms with Gasteiger partial charge < -0.3 is 9.84 Å². The molecule has 0 aromatic heterocycles. The fourth-order valence-corrected chi connectivity index (χ4v) is 6.46. The molecule has 0 unspecified atom stereocenters. The fraction of sp³-hybridized carbons (Fsp3) is 0.269. The Morgan fingerprint density at radius 1 is 0.912 bits per heavy atom. The number of aliphatic hydroxyl groups is 1. The highest BCUT2D eigenvalue weighted by Gasteiger charge is 2.52. The third-order valence-corrected chi connectivity index (χ3v) is 9.07. The molecular weight excluding hydrogens is 474 g/mol. The average Bonchev–Trinajstić information content (AvgIpc) is 2.86. The van der Waals surface area contributed by atoms with Crippen molar-refractivity contribution in [3.05, 3.63) is 89.4 Å². The molecule has 3 aromatic carbocycles. The summed E-state index contributed by atoms with van der Waals surface area (Å²) in [5, 5.41) is 10.2. The predicted molar refractivity (Wildman–Crippen MR) is 131 cm³/mol. The molecule has 0 bridgehead atoms. The van der Waals surface area contributed by atoms with E-state index >= 15 is 0 Å². The Bertz CT molecular complexity index is 1220. The van der Waals surface area contributed by atoms with Gasteiger partial charge in [-0.25, -0.2) is 8.42 Å². The number of likely N-dealkylation sites (tertiary alicyclic amines) is 1. The molecule has 1 aliphatic heterocycles. The minimum absolute atomic E-state index is 0.0364. The van der Waals surface area contributed by atoms with Gasteiger partial charge in [0.25, 0.3) is 0 Å². The van der Waals surface area contributed by atoms with Gasteiger partial charge in [0.05, 0.1) is 4.90 Å². The number of sulfone groups is 1. The molecule has 34 heavy (non-hydrogen) atoms. The van der Waals surface area contributed by atoms with Crippen molar-refractivity contribution < 1.29 is 23.1 Å². The van der Waals surface area contributed by atoms with Crippen LogP contribution in [0.2, 0.25) is 5.02 Å². The average molecular weight is 500 g/mol. The predicted octanol–water partition coefficient (Wildman–Crippen LogP) is 4.50. The van der Waals surface area contributed by atoms with E-state index in [0.29, 0.717) is 36.2 Å². The highest BCUT2D eigenvalue weighted by atomic mass is 35.5. The van der Waals surface area contributed by atoms with Crippen molar-refractivity contribution in [1.29, 1.82) is 0 Å². The molecule has 1 saturated heterocycles. The maximum Gasteiger partial charge on any atom is 0.191 e. The van der Waals surface area contributed by atoms with Crippen LogP contribution in [0.15, 0.2) is 83.8 Å². The van der Waals surface area contributed by atoms with Crippen LogP contribution in [0.3, 0.4) is 0 Å². The first kappa shape index (κ1) is 24.4. The summed E-state index contributed by atoms with van der Waals surface area (Å²) in [5.41, 5.74) is 1.13. The van der Waals surface area contributed by atoms with Crippen LogP contribution in [0, 0.1) is 0 Å². The molecule has 0 aliphatic carbocycles. The van der Waals surface area contributed by atoms with Crippen molar-refractivity contribution in [2.45, 2.75) is 29.0 Å². The molecule has 0 spiro atoms. The SMILES string of the molecule is O=C(CO)C1(S(=O)(=O)c2ccc(Oc3ccc(Cl)cc3)cc2)CCN(Cc2ccccc2)CC1. The number of Topliss-reactive ketones (excluding diaryl/α,β-unsaturated/α-hetero) is 1. The molecule has 178 valence electrons. The number of benzene rings is 3. The molecule has 1 heterocycles. The van der Waals surface area contributed by atoms with E-state index in [-0.39, 0.29) is 17.7 Å². The summed E-state index contributed by atoms with van der Waals surface area (Å²) in [6.45, 7) is 0.756. The molecule has 0 amide bonds. The van der Waals surface area contributed by atoms with E-state index in [9.17, 15) is 18.3 Å². The van der Waals surface area contributed by atoms with Crippen LogP contribution in [0.25, 0.3) is 0 Å². The lowest BCUT2D eigenvalue weighted by Gasteiger charge is -2.39. The first-order chi connectivity index (χ1) is 16.3. The normalized spacial score (nSPS) is 16.2. The third kappa shape index (κ3) is 5.03. The maximum absolute atomic E-state index is 13.7. The molecule has 1 fully saturated rings. The van der Waals surface area contributed by atoms with Crippen LogP contribution < -0.4 is 4.74 Å². The second-order valence-corrected chi connectivity index (χ2v) is 11.1. The topological polar surface area (TPSA) is 83.9 Å². The smallest absolute Gasteiger partial charge is 0.191 e. The monoisotopic (exact) mass is 499 g/mol. The number of ketones is 1. The van der Waals surface area contributed by atoms with Crippen LogP contribution in [0.4, 0.5) is 0 Å². The summed E-state index contributed by atoms with van der Waals surface area (Å²) >= 11 is 5.89. The van der Waals surface area contributed by atoms with Crippen molar-refractivity contribution in [2.24, 2.45) is 0 Å². The first-order valence-electron chi connectivity index (χ1n) is 11.0. The van der Waals surface area contributed by atoms with Crippen molar-refractivity contribution in [1.82, 2.24) is 4.90 Å². The lowest BCUT2D eigenvalue weighted by Crippen LogP contribution is -2.55. The van der Waals surface area contributed by atoms with Crippen molar-refractivity contribution >= 4 is 27.2 Å². The van der Waals surface area contributed by atoms with E-state index in [4.69, 9.17) is 16.3 Å². The number of halogens is 1. The number of aliphatic hydroxyl groups excluding tert-OH is 1. The minimum atomic E-state index is -4.04. The van der Waals surface area contributed by atoms with Gasteiger partial charge in [-0.2, -0.15) is 0 Å². The summed E-state index contributed by atoms with van der Waals surface area (Å²) in [6.07, 6.45) is 0.259. The lowest BCUT2D eigenvalue weighted by atomic mass is 9.91. The highest BCUT2D eigenvalue weighted by Crippen LogP contribution is 2.37. The maximum atomic E-state index is 13.7. The van der Waals surface area contributed by atoms with Crippen LogP contribution in [0.5, 0.6) is 11.5 Å². The summed E-state index contributed by atoms with van der Waals surface area (Å²) in [6, 6.07) is 22.7. The molecular formula is C26H26ClNO5S. The van der Waals surface area contributed by atoms with Crippen molar-refractivity contribution in [2.75, 3.05) is 19.7 Å². The van der Waals surface area contributed by atoms with Crippen LogP contribution in [-0.4, -0.2) is 48.7 Å². The van der Waals surface area contributed by atoms with Gasteiger partial charge >= 0.3 is 0 Å². The van der Waals surface area contributed by atoms with E-state index in [0.717, 1.165) is 5.56 Å². The van der Waals surface area contributed by atoms with Gasteiger partial charge in [-0.3, -0.25) is 9.69 Å².